The first-order chi connectivity index (χ1) is 11.2. The van der Waals surface area contributed by atoms with Crippen molar-refractivity contribution < 1.29 is 14.3 Å². The van der Waals surface area contributed by atoms with Gasteiger partial charge in [0.1, 0.15) is 11.5 Å². The predicted octanol–water partition coefficient (Wildman–Crippen LogP) is 1.32. The lowest BCUT2D eigenvalue weighted by atomic mass is 10.00. The highest BCUT2D eigenvalue weighted by atomic mass is 16.5. The van der Waals surface area contributed by atoms with E-state index in [1.165, 1.54) is 12.8 Å². The van der Waals surface area contributed by atoms with E-state index in [0.717, 1.165) is 18.7 Å². The fraction of sp³-hybridized carbons (Fsp3) is 0.625. The topological polar surface area (TPSA) is 93.2 Å². The van der Waals surface area contributed by atoms with Crippen LogP contribution in [0.3, 0.4) is 0 Å². The number of hydrogen-bond acceptors (Lipinski definition) is 5. The van der Waals surface area contributed by atoms with Gasteiger partial charge >= 0.3 is 0 Å². The zero-order valence-electron chi connectivity index (χ0n) is 13.1. The highest BCUT2D eigenvalue weighted by Gasteiger charge is 2.23. The Labute approximate surface area is 135 Å². The van der Waals surface area contributed by atoms with Crippen LogP contribution in [-0.4, -0.2) is 35.0 Å². The summed E-state index contributed by atoms with van der Waals surface area (Å²) in [6.07, 6.45) is 7.49. The number of carbonyl (C=O) groups is 2. The minimum absolute atomic E-state index is 0.108. The first-order valence-electron chi connectivity index (χ1n) is 8.25. The van der Waals surface area contributed by atoms with Crippen molar-refractivity contribution in [1.29, 1.82) is 0 Å². The minimum atomic E-state index is -0.410. The number of carbonyl (C=O) groups excluding carboxylic acids is 2. The number of ether oxygens (including phenoxy) is 1. The fourth-order valence-corrected chi connectivity index (χ4v) is 3.13. The van der Waals surface area contributed by atoms with Crippen molar-refractivity contribution in [3.8, 4) is 0 Å². The molecule has 1 aliphatic carbocycles. The second-order valence-electron chi connectivity index (χ2n) is 6.11. The molecule has 1 aliphatic heterocycles. The van der Waals surface area contributed by atoms with Crippen molar-refractivity contribution >= 4 is 11.8 Å². The molecular weight excluding hydrogens is 296 g/mol. The fourth-order valence-electron chi connectivity index (χ4n) is 3.13. The monoisotopic (exact) mass is 318 g/mol. The Morgan fingerprint density at radius 1 is 1.09 bits per heavy atom. The number of hydrogen-bond donors (Lipinski definition) is 2. The molecule has 124 valence electrons. The molecule has 1 saturated heterocycles. The molecule has 1 saturated carbocycles. The Balaban J connectivity index is 1.55. The van der Waals surface area contributed by atoms with Crippen LogP contribution in [0.1, 0.15) is 60.8 Å². The Morgan fingerprint density at radius 3 is 2.57 bits per heavy atom. The first-order valence-corrected chi connectivity index (χ1v) is 8.25. The van der Waals surface area contributed by atoms with Gasteiger partial charge in [0, 0.05) is 31.2 Å². The van der Waals surface area contributed by atoms with Crippen molar-refractivity contribution in [1.82, 2.24) is 20.8 Å². The van der Waals surface area contributed by atoms with E-state index in [1.807, 2.05) is 0 Å². The van der Waals surface area contributed by atoms with Gasteiger partial charge in [-0.05, 0) is 31.7 Å². The smallest absolute Gasteiger partial charge is 0.288 e. The molecule has 2 aliphatic rings. The highest BCUT2D eigenvalue weighted by Crippen LogP contribution is 2.31. The van der Waals surface area contributed by atoms with Gasteiger partial charge in [-0.25, -0.2) is 9.97 Å². The summed E-state index contributed by atoms with van der Waals surface area (Å²) in [7, 11) is 0. The lowest BCUT2D eigenvalue weighted by Gasteiger charge is -2.21. The average molecular weight is 318 g/mol. The number of rotatable bonds is 3. The average Bonchev–Trinajstić information content (AvgIpc) is 3.15. The molecule has 3 rings (SSSR count). The molecule has 2 N–H and O–H groups in total. The SMILES string of the molecule is O=C(NNC(=O)C1CCOCC1)c1ccnc(C2CCCC2)n1. The van der Waals surface area contributed by atoms with E-state index in [2.05, 4.69) is 20.8 Å². The van der Waals surface area contributed by atoms with Crippen LogP contribution < -0.4 is 10.9 Å². The van der Waals surface area contributed by atoms with Crippen molar-refractivity contribution in [2.24, 2.45) is 5.92 Å². The lowest BCUT2D eigenvalue weighted by molar-refractivity contribution is -0.128. The molecule has 2 amide bonds. The highest BCUT2D eigenvalue weighted by molar-refractivity contribution is 5.93. The van der Waals surface area contributed by atoms with E-state index in [9.17, 15) is 9.59 Å². The number of nitrogens with one attached hydrogen (secondary N) is 2. The van der Waals surface area contributed by atoms with Gasteiger partial charge in [-0.2, -0.15) is 0 Å². The molecular formula is C16H22N4O3. The van der Waals surface area contributed by atoms with Crippen LogP contribution in [0, 0.1) is 5.92 Å². The molecule has 2 heterocycles. The van der Waals surface area contributed by atoms with Gasteiger partial charge < -0.3 is 4.74 Å². The quantitative estimate of drug-likeness (QED) is 0.820. The summed E-state index contributed by atoms with van der Waals surface area (Å²) in [5, 5.41) is 0. The van der Waals surface area contributed by atoms with Crippen molar-refractivity contribution in [2.75, 3.05) is 13.2 Å². The van der Waals surface area contributed by atoms with Crippen LogP contribution in [0.4, 0.5) is 0 Å². The predicted molar refractivity (Wildman–Crippen MR) is 82.4 cm³/mol. The molecule has 7 heteroatoms. The summed E-state index contributed by atoms with van der Waals surface area (Å²) in [6, 6.07) is 1.56. The van der Waals surface area contributed by atoms with E-state index in [0.29, 0.717) is 32.0 Å². The molecule has 1 aromatic rings. The summed E-state index contributed by atoms with van der Waals surface area (Å²) in [6.45, 7) is 1.17. The zero-order valence-corrected chi connectivity index (χ0v) is 13.1. The summed E-state index contributed by atoms with van der Waals surface area (Å²) >= 11 is 0. The molecule has 7 nitrogen and oxygen atoms in total. The largest absolute Gasteiger partial charge is 0.381 e. The Kier molecular flexibility index (Phi) is 5.17. The molecule has 2 fully saturated rings. The van der Waals surface area contributed by atoms with E-state index < -0.39 is 5.91 Å². The van der Waals surface area contributed by atoms with E-state index in [-0.39, 0.29) is 17.5 Å². The van der Waals surface area contributed by atoms with Crippen LogP contribution >= 0.6 is 0 Å². The molecule has 1 aromatic heterocycles. The molecule has 23 heavy (non-hydrogen) atoms. The van der Waals surface area contributed by atoms with Crippen molar-refractivity contribution in [3.63, 3.8) is 0 Å². The first kappa shape index (κ1) is 15.9. The molecule has 0 radical (unpaired) electrons. The lowest BCUT2D eigenvalue weighted by Crippen LogP contribution is -2.45. The number of hydrazine groups is 1. The van der Waals surface area contributed by atoms with Gasteiger partial charge in [-0.3, -0.25) is 20.4 Å². The van der Waals surface area contributed by atoms with Crippen LogP contribution in [0.2, 0.25) is 0 Å². The van der Waals surface area contributed by atoms with Gasteiger partial charge in [0.05, 0.1) is 0 Å². The third-order valence-corrected chi connectivity index (χ3v) is 4.52. The number of aromatic nitrogens is 2. The van der Waals surface area contributed by atoms with Gasteiger partial charge in [0.2, 0.25) is 5.91 Å². The van der Waals surface area contributed by atoms with E-state index >= 15 is 0 Å². The second kappa shape index (κ2) is 7.50. The Hall–Kier alpha value is -2.02. The normalized spacial score (nSPS) is 19.5. The van der Waals surface area contributed by atoms with Gasteiger partial charge in [-0.15, -0.1) is 0 Å². The van der Waals surface area contributed by atoms with E-state index in [1.54, 1.807) is 12.3 Å². The maximum Gasteiger partial charge on any atom is 0.288 e. The Bertz CT molecular complexity index is 566. The van der Waals surface area contributed by atoms with Crippen LogP contribution in [0.5, 0.6) is 0 Å². The third-order valence-electron chi connectivity index (χ3n) is 4.52. The van der Waals surface area contributed by atoms with Crippen LogP contribution in [0.15, 0.2) is 12.3 Å². The van der Waals surface area contributed by atoms with Gasteiger partial charge in [-0.1, -0.05) is 12.8 Å². The molecule has 0 unspecified atom stereocenters. The van der Waals surface area contributed by atoms with Crippen molar-refractivity contribution in [2.45, 2.75) is 44.4 Å². The second-order valence-corrected chi connectivity index (χ2v) is 6.11. The summed E-state index contributed by atoms with van der Waals surface area (Å²) in [5.41, 5.74) is 5.22. The molecule has 0 aromatic carbocycles. The van der Waals surface area contributed by atoms with Gasteiger partial charge in [0.25, 0.3) is 5.91 Å². The third kappa shape index (κ3) is 4.04. The molecule has 0 spiro atoms. The maximum absolute atomic E-state index is 12.2. The Morgan fingerprint density at radius 2 is 1.83 bits per heavy atom. The van der Waals surface area contributed by atoms with Gasteiger partial charge in [0.15, 0.2) is 0 Å². The standard InChI is InChI=1S/C16H22N4O3/c21-15(12-6-9-23-10-7-12)19-20-16(22)13-5-8-17-14(18-13)11-3-1-2-4-11/h5,8,11-12H,1-4,6-7,9-10H2,(H,19,21)(H,20,22). The summed E-state index contributed by atoms with van der Waals surface area (Å²) in [5.74, 6) is 0.382. The minimum Gasteiger partial charge on any atom is -0.381 e. The molecule has 0 bridgehead atoms. The zero-order chi connectivity index (χ0) is 16.1. The number of amides is 2. The summed E-state index contributed by atoms with van der Waals surface area (Å²) < 4.78 is 5.22. The molecule has 0 atom stereocenters. The van der Waals surface area contributed by atoms with E-state index in [4.69, 9.17) is 4.74 Å². The maximum atomic E-state index is 12.2. The van der Waals surface area contributed by atoms with Crippen LogP contribution in [-0.2, 0) is 9.53 Å². The summed E-state index contributed by atoms with van der Waals surface area (Å²) in [4.78, 5) is 32.8. The van der Waals surface area contributed by atoms with Crippen molar-refractivity contribution in [3.05, 3.63) is 23.8 Å². The number of nitrogens with zero attached hydrogens (tertiary/aromatic N) is 2. The van der Waals surface area contributed by atoms with Crippen LogP contribution in [0.25, 0.3) is 0 Å².